The summed E-state index contributed by atoms with van der Waals surface area (Å²) in [5, 5.41) is 0. The smallest absolute Gasteiger partial charge is 0.254 e. The van der Waals surface area contributed by atoms with Crippen LogP contribution in [0, 0.1) is 11.8 Å². The highest BCUT2D eigenvalue weighted by Gasteiger charge is 2.23. The number of ether oxygens (including phenoxy) is 2. The minimum atomic E-state index is 0.00270. The molecule has 1 amide bonds. The van der Waals surface area contributed by atoms with Gasteiger partial charge in [-0.1, -0.05) is 12.0 Å². The van der Waals surface area contributed by atoms with Crippen LogP contribution < -0.4 is 14.4 Å². The summed E-state index contributed by atoms with van der Waals surface area (Å²) in [5.74, 6) is 7.60. The Bertz CT molecular complexity index is 1130. The highest BCUT2D eigenvalue weighted by Crippen LogP contribution is 2.23. The number of carbonyl (C=O) groups excluding carboxylic acids is 1. The number of methoxy groups -OCH3 is 2. The Morgan fingerprint density at radius 1 is 0.906 bits per heavy atom. The molecule has 3 aromatic rings. The molecule has 32 heavy (non-hydrogen) atoms. The molecule has 1 fully saturated rings. The predicted octanol–water partition coefficient (Wildman–Crippen LogP) is 3.46. The van der Waals surface area contributed by atoms with E-state index in [-0.39, 0.29) is 5.91 Å². The molecule has 0 aliphatic carbocycles. The van der Waals surface area contributed by atoms with Gasteiger partial charge < -0.3 is 19.3 Å². The number of hydrogen-bond donors (Lipinski definition) is 0. The molecule has 0 radical (unpaired) electrons. The minimum absolute atomic E-state index is 0.00270. The topological polar surface area (TPSA) is 54.9 Å². The van der Waals surface area contributed by atoms with E-state index in [4.69, 9.17) is 9.47 Å². The Labute approximate surface area is 188 Å². The number of hydrogen-bond acceptors (Lipinski definition) is 5. The van der Waals surface area contributed by atoms with Crippen molar-refractivity contribution in [3.05, 3.63) is 83.7 Å². The first-order valence-corrected chi connectivity index (χ1v) is 10.5. The zero-order chi connectivity index (χ0) is 22.3. The Hall–Kier alpha value is -3.98. The lowest BCUT2D eigenvalue weighted by Crippen LogP contribution is -2.48. The lowest BCUT2D eigenvalue weighted by molar-refractivity contribution is 0.0746. The van der Waals surface area contributed by atoms with E-state index in [0.29, 0.717) is 35.7 Å². The van der Waals surface area contributed by atoms with Crippen LogP contribution in [0.25, 0.3) is 0 Å². The average molecular weight is 428 g/mol. The van der Waals surface area contributed by atoms with Gasteiger partial charge in [0.15, 0.2) is 0 Å². The van der Waals surface area contributed by atoms with E-state index in [2.05, 4.69) is 21.7 Å². The number of nitrogens with zero attached hydrogens (tertiary/aromatic N) is 3. The van der Waals surface area contributed by atoms with E-state index >= 15 is 0 Å². The highest BCUT2D eigenvalue weighted by atomic mass is 16.5. The highest BCUT2D eigenvalue weighted by molar-refractivity contribution is 5.95. The van der Waals surface area contributed by atoms with E-state index in [1.165, 1.54) is 0 Å². The van der Waals surface area contributed by atoms with Crippen LogP contribution in [0.5, 0.6) is 11.5 Å². The molecule has 6 heteroatoms. The van der Waals surface area contributed by atoms with Gasteiger partial charge in [-0.25, -0.2) is 4.98 Å². The van der Waals surface area contributed by atoms with Crippen LogP contribution in [0.1, 0.15) is 21.6 Å². The van der Waals surface area contributed by atoms with Crippen LogP contribution in [0.3, 0.4) is 0 Å². The maximum atomic E-state index is 13.1. The first-order valence-electron chi connectivity index (χ1n) is 10.5. The first kappa shape index (κ1) is 21.3. The van der Waals surface area contributed by atoms with Gasteiger partial charge in [-0.2, -0.15) is 0 Å². The van der Waals surface area contributed by atoms with Gasteiger partial charge in [0.2, 0.25) is 0 Å². The number of pyridine rings is 1. The van der Waals surface area contributed by atoms with Crippen molar-refractivity contribution in [1.29, 1.82) is 0 Å². The van der Waals surface area contributed by atoms with Crippen LogP contribution in [0.2, 0.25) is 0 Å². The quantitative estimate of drug-likeness (QED) is 0.597. The number of carbonyl (C=O) groups is 1. The van der Waals surface area contributed by atoms with Crippen molar-refractivity contribution in [1.82, 2.24) is 9.88 Å². The molecule has 1 aliphatic rings. The van der Waals surface area contributed by atoms with Gasteiger partial charge in [-0.3, -0.25) is 4.79 Å². The summed E-state index contributed by atoms with van der Waals surface area (Å²) < 4.78 is 10.7. The zero-order valence-corrected chi connectivity index (χ0v) is 18.2. The molecule has 1 saturated heterocycles. The second kappa shape index (κ2) is 9.88. The van der Waals surface area contributed by atoms with Crippen molar-refractivity contribution in [2.75, 3.05) is 45.3 Å². The largest absolute Gasteiger partial charge is 0.497 e. The maximum Gasteiger partial charge on any atom is 0.254 e. The third kappa shape index (κ3) is 4.84. The van der Waals surface area contributed by atoms with Gasteiger partial charge in [0.1, 0.15) is 17.2 Å². The van der Waals surface area contributed by atoms with Crippen LogP contribution in [-0.2, 0) is 0 Å². The molecule has 0 spiro atoms. The molecule has 0 bridgehead atoms. The van der Waals surface area contributed by atoms with Crippen molar-refractivity contribution in [3.63, 3.8) is 0 Å². The molecule has 1 aromatic heterocycles. The number of benzene rings is 2. The lowest BCUT2D eigenvalue weighted by atomic mass is 10.1. The fraction of sp³-hybridized carbons (Fsp3) is 0.231. The molecule has 1 aliphatic heterocycles. The molecule has 162 valence electrons. The van der Waals surface area contributed by atoms with E-state index in [1.54, 1.807) is 38.6 Å². The summed E-state index contributed by atoms with van der Waals surface area (Å²) in [5.41, 5.74) is 3.07. The minimum Gasteiger partial charge on any atom is -0.497 e. The van der Waals surface area contributed by atoms with Gasteiger partial charge in [0.25, 0.3) is 5.91 Å². The van der Waals surface area contributed by atoms with Gasteiger partial charge in [-0.15, -0.1) is 0 Å². The number of amides is 1. The molecule has 0 saturated carbocycles. The van der Waals surface area contributed by atoms with E-state index in [0.717, 1.165) is 24.5 Å². The number of aromatic nitrogens is 1. The molecule has 0 unspecified atom stereocenters. The Morgan fingerprint density at radius 3 is 2.34 bits per heavy atom. The van der Waals surface area contributed by atoms with Crippen molar-refractivity contribution >= 4 is 11.6 Å². The third-order valence-corrected chi connectivity index (χ3v) is 5.44. The first-order chi connectivity index (χ1) is 15.7. The predicted molar refractivity (Wildman–Crippen MR) is 124 cm³/mol. The standard InChI is InChI=1S/C26H25N3O3/c1-31-24-11-9-23(10-12-24)28-15-17-29(18-16-28)26(30)21-7-13-25(32-2)20(19-21)6-8-22-5-3-4-14-27-22/h3-5,7,9-14,19H,15-18H2,1-2H3. The average Bonchev–Trinajstić information content (AvgIpc) is 2.87. The molecular formula is C26H25N3O3. The molecule has 6 nitrogen and oxygen atoms in total. The summed E-state index contributed by atoms with van der Waals surface area (Å²) in [7, 11) is 3.26. The fourth-order valence-electron chi connectivity index (χ4n) is 3.65. The molecule has 0 atom stereocenters. The van der Waals surface area contributed by atoms with Gasteiger partial charge in [0.05, 0.1) is 19.8 Å². The molecule has 4 rings (SSSR count). The fourth-order valence-corrected chi connectivity index (χ4v) is 3.65. The van der Waals surface area contributed by atoms with Crippen LogP contribution in [0.15, 0.2) is 66.9 Å². The summed E-state index contributed by atoms with van der Waals surface area (Å²) in [4.78, 5) is 21.5. The Kier molecular flexibility index (Phi) is 6.57. The van der Waals surface area contributed by atoms with E-state index in [1.807, 2.05) is 47.4 Å². The molecular weight excluding hydrogens is 402 g/mol. The van der Waals surface area contributed by atoms with Crippen molar-refractivity contribution in [3.8, 4) is 23.3 Å². The second-order valence-electron chi connectivity index (χ2n) is 7.36. The summed E-state index contributed by atoms with van der Waals surface area (Å²) in [6.45, 7) is 2.87. The van der Waals surface area contributed by atoms with Gasteiger partial charge in [-0.05, 0) is 60.5 Å². The SMILES string of the molecule is COc1ccc(N2CCN(C(=O)c3ccc(OC)c(C#Cc4ccccn4)c3)CC2)cc1. The van der Waals surface area contributed by atoms with Gasteiger partial charge in [0, 0.05) is 43.6 Å². The van der Waals surface area contributed by atoms with Crippen LogP contribution in [0.4, 0.5) is 5.69 Å². The maximum absolute atomic E-state index is 13.1. The summed E-state index contributed by atoms with van der Waals surface area (Å²) >= 11 is 0. The Morgan fingerprint density at radius 2 is 1.69 bits per heavy atom. The number of piperazine rings is 1. The molecule has 0 N–H and O–H groups in total. The van der Waals surface area contributed by atoms with Crippen LogP contribution in [-0.4, -0.2) is 56.2 Å². The van der Waals surface area contributed by atoms with E-state index in [9.17, 15) is 4.79 Å². The van der Waals surface area contributed by atoms with Gasteiger partial charge >= 0.3 is 0 Å². The van der Waals surface area contributed by atoms with Crippen LogP contribution >= 0.6 is 0 Å². The summed E-state index contributed by atoms with van der Waals surface area (Å²) in [6.07, 6.45) is 1.70. The van der Waals surface area contributed by atoms with Crippen molar-refractivity contribution < 1.29 is 14.3 Å². The van der Waals surface area contributed by atoms with Crippen molar-refractivity contribution in [2.24, 2.45) is 0 Å². The Balaban J connectivity index is 1.46. The zero-order valence-electron chi connectivity index (χ0n) is 18.2. The number of anilines is 1. The lowest BCUT2D eigenvalue weighted by Gasteiger charge is -2.36. The monoisotopic (exact) mass is 427 g/mol. The number of rotatable bonds is 4. The van der Waals surface area contributed by atoms with Crippen molar-refractivity contribution in [2.45, 2.75) is 0 Å². The second-order valence-corrected chi connectivity index (χ2v) is 7.36. The normalized spacial score (nSPS) is 13.2. The molecule has 2 heterocycles. The van der Waals surface area contributed by atoms with E-state index < -0.39 is 0 Å². The molecule has 2 aromatic carbocycles. The summed E-state index contributed by atoms with van der Waals surface area (Å²) in [6, 6.07) is 19.0. The third-order valence-electron chi connectivity index (χ3n) is 5.44.